The zero-order valence-corrected chi connectivity index (χ0v) is 17.6. The van der Waals surface area contributed by atoms with Crippen molar-refractivity contribution >= 4 is 17.1 Å². The van der Waals surface area contributed by atoms with Crippen LogP contribution in [-0.2, 0) is 13.6 Å². The van der Waals surface area contributed by atoms with Crippen molar-refractivity contribution in [3.63, 3.8) is 0 Å². The Morgan fingerprint density at radius 3 is 2.94 bits per heavy atom. The highest BCUT2D eigenvalue weighted by molar-refractivity contribution is 5.93. The fourth-order valence-electron chi connectivity index (χ4n) is 4.01. The minimum absolute atomic E-state index is 0.0591. The molecule has 11 heteroatoms. The molecule has 5 heterocycles. The van der Waals surface area contributed by atoms with Gasteiger partial charge in [-0.15, -0.1) is 0 Å². The molecule has 1 saturated heterocycles. The highest BCUT2D eigenvalue weighted by Gasteiger charge is 2.30. The first kappa shape index (κ1) is 19.2. The molecular weight excluding hydrogens is 398 g/mol. The maximum Gasteiger partial charge on any atom is 0.257 e. The summed E-state index contributed by atoms with van der Waals surface area (Å²) in [5, 5.41) is 10.9. The Balaban J connectivity index is 1.41. The summed E-state index contributed by atoms with van der Waals surface area (Å²) in [7, 11) is 1.92. The van der Waals surface area contributed by atoms with Crippen LogP contribution in [-0.4, -0.2) is 69.5 Å². The maximum atomic E-state index is 12.5. The molecule has 5 rings (SSSR count). The van der Waals surface area contributed by atoms with Crippen LogP contribution in [0, 0.1) is 6.92 Å². The summed E-state index contributed by atoms with van der Waals surface area (Å²) in [5.74, 6) is 1.13. The summed E-state index contributed by atoms with van der Waals surface area (Å²) in [6, 6.07) is 0. The van der Waals surface area contributed by atoms with Crippen LogP contribution in [0.1, 0.15) is 29.4 Å². The number of amides is 1. The van der Waals surface area contributed by atoms with E-state index in [1.165, 1.54) is 12.5 Å². The summed E-state index contributed by atoms with van der Waals surface area (Å²) >= 11 is 0. The first-order valence-corrected chi connectivity index (χ1v) is 10.2. The number of H-pyrrole nitrogens is 1. The Bertz CT molecular complexity index is 1240. The molecule has 1 aliphatic heterocycles. The summed E-state index contributed by atoms with van der Waals surface area (Å²) < 4.78 is 10.0. The van der Waals surface area contributed by atoms with Gasteiger partial charge in [0.15, 0.2) is 11.2 Å². The number of ether oxygens (including phenoxy) is 1. The summed E-state index contributed by atoms with van der Waals surface area (Å²) in [6.07, 6.45) is 6.99. The molecule has 1 unspecified atom stereocenters. The number of nitrogens with one attached hydrogen (secondary N) is 1. The van der Waals surface area contributed by atoms with E-state index in [-0.39, 0.29) is 12.0 Å². The molecule has 1 atom stereocenters. The van der Waals surface area contributed by atoms with Crippen LogP contribution in [0.25, 0.3) is 22.6 Å². The van der Waals surface area contributed by atoms with E-state index in [4.69, 9.17) is 9.72 Å². The summed E-state index contributed by atoms with van der Waals surface area (Å²) in [5.41, 5.74) is 3.82. The maximum absolute atomic E-state index is 12.5. The monoisotopic (exact) mass is 421 g/mol. The molecule has 4 aromatic heterocycles. The number of aromatic amines is 1. The van der Waals surface area contributed by atoms with Gasteiger partial charge in [-0.25, -0.2) is 9.97 Å². The average Bonchev–Trinajstić information content (AvgIpc) is 3.56. The predicted octanol–water partition coefficient (Wildman–Crippen LogP) is 1.57. The molecule has 0 aliphatic carbocycles. The van der Waals surface area contributed by atoms with E-state index >= 15 is 0 Å². The fraction of sp³-hybridized carbons (Fsp3) is 0.400. The zero-order valence-electron chi connectivity index (χ0n) is 17.6. The lowest BCUT2D eigenvalue weighted by Crippen LogP contribution is -2.30. The van der Waals surface area contributed by atoms with Gasteiger partial charge in [0.2, 0.25) is 5.88 Å². The lowest BCUT2D eigenvalue weighted by Gasteiger charge is -2.16. The summed E-state index contributed by atoms with van der Waals surface area (Å²) in [6.45, 7) is 5.97. The standard InChI is InChI=1S/C20H23N9O2/c1-4-29-12(2)15(9-25-29)17-26-16-18(27(17)3)21-11-22-19(16)31-14-5-6-28(10-14)20(30)13-7-23-24-8-13/h7-9,11,14H,4-6,10H2,1-3H3,(H,23,24). The van der Waals surface area contributed by atoms with Gasteiger partial charge in [-0.3, -0.25) is 14.6 Å². The SMILES string of the molecule is CCn1ncc(-c2nc3c(OC4CCN(C(=O)c5cn[nH]c5)C4)ncnc3n2C)c1C. The van der Waals surface area contributed by atoms with Crippen molar-refractivity contribution in [1.82, 2.24) is 44.4 Å². The van der Waals surface area contributed by atoms with Crippen molar-refractivity contribution in [2.45, 2.75) is 32.9 Å². The molecule has 160 valence electrons. The number of rotatable bonds is 5. The number of nitrogens with zero attached hydrogens (tertiary/aromatic N) is 8. The van der Waals surface area contributed by atoms with Gasteiger partial charge in [0, 0.05) is 38.4 Å². The predicted molar refractivity (Wildman–Crippen MR) is 111 cm³/mol. The molecule has 1 amide bonds. The van der Waals surface area contributed by atoms with Gasteiger partial charge in [0.05, 0.1) is 30.1 Å². The molecule has 0 spiro atoms. The van der Waals surface area contributed by atoms with Crippen molar-refractivity contribution in [1.29, 1.82) is 0 Å². The highest BCUT2D eigenvalue weighted by Crippen LogP contribution is 2.30. The molecule has 0 bridgehead atoms. The lowest BCUT2D eigenvalue weighted by molar-refractivity contribution is 0.0771. The molecule has 0 saturated carbocycles. The molecule has 31 heavy (non-hydrogen) atoms. The third-order valence-electron chi connectivity index (χ3n) is 5.72. The normalized spacial score (nSPS) is 16.4. The number of fused-ring (bicyclic) bond motifs is 1. The topological polar surface area (TPSA) is 120 Å². The number of likely N-dealkylation sites (tertiary alicyclic amines) is 1. The van der Waals surface area contributed by atoms with Crippen molar-refractivity contribution in [3.8, 4) is 17.3 Å². The van der Waals surface area contributed by atoms with Gasteiger partial charge in [-0.1, -0.05) is 0 Å². The van der Waals surface area contributed by atoms with E-state index in [9.17, 15) is 4.79 Å². The molecular formula is C20H23N9O2. The first-order chi connectivity index (χ1) is 15.1. The Morgan fingerprint density at radius 1 is 1.32 bits per heavy atom. The molecule has 0 aromatic carbocycles. The second-order valence-electron chi connectivity index (χ2n) is 7.57. The van der Waals surface area contributed by atoms with Crippen LogP contribution in [0.4, 0.5) is 0 Å². The van der Waals surface area contributed by atoms with Crippen LogP contribution >= 0.6 is 0 Å². The van der Waals surface area contributed by atoms with Crippen LogP contribution in [0.3, 0.4) is 0 Å². The number of hydrogen-bond donors (Lipinski definition) is 1. The van der Waals surface area contributed by atoms with Gasteiger partial charge in [0.1, 0.15) is 18.3 Å². The summed E-state index contributed by atoms with van der Waals surface area (Å²) in [4.78, 5) is 27.8. The van der Waals surface area contributed by atoms with Crippen LogP contribution in [0.15, 0.2) is 24.9 Å². The molecule has 11 nitrogen and oxygen atoms in total. The highest BCUT2D eigenvalue weighted by atomic mass is 16.5. The number of aryl methyl sites for hydroxylation is 2. The van der Waals surface area contributed by atoms with Gasteiger partial charge < -0.3 is 14.2 Å². The van der Waals surface area contributed by atoms with Crippen LogP contribution < -0.4 is 4.74 Å². The van der Waals surface area contributed by atoms with Crippen molar-refractivity contribution in [2.75, 3.05) is 13.1 Å². The molecule has 1 fully saturated rings. The number of carbonyl (C=O) groups excluding carboxylic acids is 1. The van der Waals surface area contributed by atoms with Crippen LogP contribution in [0.2, 0.25) is 0 Å². The molecule has 4 aromatic rings. The smallest absolute Gasteiger partial charge is 0.257 e. The fourth-order valence-corrected chi connectivity index (χ4v) is 4.01. The average molecular weight is 421 g/mol. The third-order valence-corrected chi connectivity index (χ3v) is 5.72. The second-order valence-corrected chi connectivity index (χ2v) is 7.57. The molecule has 1 N–H and O–H groups in total. The van der Waals surface area contributed by atoms with Crippen molar-refractivity contribution in [3.05, 3.63) is 36.2 Å². The van der Waals surface area contributed by atoms with Gasteiger partial charge in [-0.05, 0) is 13.8 Å². The molecule has 0 radical (unpaired) electrons. The van der Waals surface area contributed by atoms with E-state index in [2.05, 4.69) is 32.2 Å². The number of hydrogen-bond acceptors (Lipinski definition) is 7. The second kappa shape index (κ2) is 7.49. The number of aromatic nitrogens is 8. The number of imidazole rings is 1. The Hall–Kier alpha value is -3.76. The zero-order chi connectivity index (χ0) is 21.5. The van der Waals surface area contributed by atoms with E-state index in [1.807, 2.05) is 29.4 Å². The lowest BCUT2D eigenvalue weighted by atomic mass is 10.2. The Labute approximate surface area is 178 Å². The third kappa shape index (κ3) is 3.22. The van der Waals surface area contributed by atoms with Gasteiger partial charge in [-0.2, -0.15) is 15.2 Å². The van der Waals surface area contributed by atoms with Crippen molar-refractivity contribution < 1.29 is 9.53 Å². The molecule has 1 aliphatic rings. The van der Waals surface area contributed by atoms with Gasteiger partial charge >= 0.3 is 0 Å². The number of carbonyl (C=O) groups is 1. The minimum Gasteiger partial charge on any atom is -0.471 e. The van der Waals surface area contributed by atoms with Crippen LogP contribution in [0.5, 0.6) is 5.88 Å². The minimum atomic E-state index is -0.163. The van der Waals surface area contributed by atoms with E-state index in [1.54, 1.807) is 11.1 Å². The first-order valence-electron chi connectivity index (χ1n) is 10.2. The van der Waals surface area contributed by atoms with E-state index < -0.39 is 0 Å². The van der Waals surface area contributed by atoms with E-state index in [0.717, 1.165) is 30.0 Å². The van der Waals surface area contributed by atoms with Crippen molar-refractivity contribution in [2.24, 2.45) is 7.05 Å². The quantitative estimate of drug-likeness (QED) is 0.519. The van der Waals surface area contributed by atoms with Gasteiger partial charge in [0.25, 0.3) is 5.91 Å². The Morgan fingerprint density at radius 2 is 2.19 bits per heavy atom. The van der Waals surface area contributed by atoms with E-state index in [0.29, 0.717) is 35.7 Å². The largest absolute Gasteiger partial charge is 0.471 e. The Kier molecular flexibility index (Phi) is 4.64.